The van der Waals surface area contributed by atoms with Crippen molar-refractivity contribution in [2.24, 2.45) is 5.10 Å². The smallest absolute Gasteiger partial charge is 0.187 e. The summed E-state index contributed by atoms with van der Waals surface area (Å²) in [5, 5.41) is 7.67. The van der Waals surface area contributed by atoms with E-state index in [-0.39, 0.29) is 0 Å². The normalized spacial score (nSPS) is 10.5. The average molecular weight is 408 g/mol. The predicted molar refractivity (Wildman–Crippen MR) is 104 cm³/mol. The number of ether oxygens (including phenoxy) is 2. The second kappa shape index (κ2) is 9.24. The van der Waals surface area contributed by atoms with Gasteiger partial charge in [0.2, 0.25) is 0 Å². The van der Waals surface area contributed by atoms with Crippen molar-refractivity contribution >= 4 is 39.5 Å². The van der Waals surface area contributed by atoms with Crippen molar-refractivity contribution in [2.75, 3.05) is 14.2 Å². The Morgan fingerprint density at radius 2 is 1.96 bits per heavy atom. The summed E-state index contributed by atoms with van der Waals surface area (Å²) >= 11 is 8.64. The molecule has 0 saturated heterocycles. The Kier molecular flexibility index (Phi) is 7.02. The van der Waals surface area contributed by atoms with Crippen molar-refractivity contribution in [3.05, 3.63) is 58.1 Å². The molecule has 24 heavy (non-hydrogen) atoms. The van der Waals surface area contributed by atoms with E-state index in [1.54, 1.807) is 20.4 Å². The molecule has 0 atom stereocenters. The second-order valence-electron chi connectivity index (χ2n) is 4.77. The number of nitrogens with zero attached hydrogens (tertiary/aromatic N) is 1. The van der Waals surface area contributed by atoms with E-state index >= 15 is 0 Å². The first-order chi connectivity index (χ1) is 11.6. The Labute approximate surface area is 155 Å². The molecule has 0 aliphatic heterocycles. The van der Waals surface area contributed by atoms with Crippen LogP contribution in [0.2, 0.25) is 0 Å². The third-order valence-corrected chi connectivity index (χ3v) is 3.83. The van der Waals surface area contributed by atoms with Gasteiger partial charge in [-0.2, -0.15) is 5.10 Å². The van der Waals surface area contributed by atoms with E-state index in [1.807, 2.05) is 42.5 Å². The van der Waals surface area contributed by atoms with Gasteiger partial charge in [-0.05, 0) is 29.9 Å². The van der Waals surface area contributed by atoms with Crippen molar-refractivity contribution in [3.8, 4) is 11.5 Å². The molecule has 0 unspecified atom stereocenters. The molecule has 0 spiro atoms. The lowest BCUT2D eigenvalue weighted by Crippen LogP contribution is -2.31. The molecule has 126 valence electrons. The lowest BCUT2D eigenvalue weighted by molar-refractivity contribution is 0.354. The van der Waals surface area contributed by atoms with Gasteiger partial charge in [0.1, 0.15) is 0 Å². The Bertz CT molecular complexity index is 723. The van der Waals surface area contributed by atoms with Gasteiger partial charge in [-0.1, -0.05) is 46.3 Å². The highest BCUT2D eigenvalue weighted by Gasteiger charge is 2.10. The van der Waals surface area contributed by atoms with Crippen LogP contribution in [-0.2, 0) is 6.54 Å². The third kappa shape index (κ3) is 5.21. The molecule has 0 aromatic heterocycles. The van der Waals surface area contributed by atoms with Gasteiger partial charge in [0.05, 0.1) is 20.4 Å². The van der Waals surface area contributed by atoms with Crippen LogP contribution in [-0.4, -0.2) is 25.5 Å². The monoisotopic (exact) mass is 407 g/mol. The van der Waals surface area contributed by atoms with Crippen molar-refractivity contribution in [1.82, 2.24) is 10.7 Å². The van der Waals surface area contributed by atoms with E-state index in [1.165, 1.54) is 0 Å². The summed E-state index contributed by atoms with van der Waals surface area (Å²) in [6.07, 6.45) is 1.63. The van der Waals surface area contributed by atoms with E-state index in [0.717, 1.165) is 15.6 Å². The summed E-state index contributed by atoms with van der Waals surface area (Å²) in [4.78, 5) is 0. The van der Waals surface area contributed by atoms with Crippen LogP contribution >= 0.6 is 28.1 Å². The molecular weight excluding hydrogens is 390 g/mol. The van der Waals surface area contributed by atoms with Crippen LogP contribution in [0.25, 0.3) is 0 Å². The lowest BCUT2D eigenvalue weighted by atomic mass is 10.2. The van der Waals surface area contributed by atoms with Gasteiger partial charge < -0.3 is 14.8 Å². The Hall–Kier alpha value is -2.12. The van der Waals surface area contributed by atoms with E-state index in [0.29, 0.717) is 23.2 Å². The number of thiocarbonyl (C=S) groups is 1. The molecule has 0 saturated carbocycles. The quantitative estimate of drug-likeness (QED) is 0.436. The zero-order valence-electron chi connectivity index (χ0n) is 13.4. The second-order valence-corrected chi connectivity index (χ2v) is 6.09. The zero-order valence-corrected chi connectivity index (χ0v) is 15.8. The summed E-state index contributed by atoms with van der Waals surface area (Å²) in [6.45, 7) is 0.635. The van der Waals surface area contributed by atoms with Crippen molar-refractivity contribution in [2.45, 2.75) is 6.54 Å². The van der Waals surface area contributed by atoms with Gasteiger partial charge in [-0.25, -0.2) is 0 Å². The molecule has 2 aromatic rings. The number of methoxy groups -OCH3 is 2. The number of nitrogens with one attached hydrogen (secondary N) is 2. The third-order valence-electron chi connectivity index (χ3n) is 3.14. The van der Waals surface area contributed by atoms with Crippen LogP contribution in [0, 0.1) is 0 Å². The van der Waals surface area contributed by atoms with Gasteiger partial charge in [-0.3, -0.25) is 5.43 Å². The number of halogens is 1. The first-order valence-corrected chi connectivity index (χ1v) is 8.36. The summed E-state index contributed by atoms with van der Waals surface area (Å²) in [5.41, 5.74) is 4.70. The highest BCUT2D eigenvalue weighted by molar-refractivity contribution is 9.10. The van der Waals surface area contributed by atoms with Gasteiger partial charge in [0, 0.05) is 16.6 Å². The molecular formula is C17H18BrN3O2S. The maximum atomic E-state index is 5.37. The minimum Gasteiger partial charge on any atom is -0.493 e. The molecule has 2 rings (SSSR count). The number of hydrogen-bond donors (Lipinski definition) is 2. The van der Waals surface area contributed by atoms with Crippen LogP contribution < -0.4 is 20.2 Å². The first-order valence-electron chi connectivity index (χ1n) is 7.16. The minimum absolute atomic E-state index is 0.441. The standard InChI is InChI=1S/C17H18BrN3O2S/c1-22-15-9-14(18)8-13(16(15)23-2)11-20-21-17(24)19-10-12-6-4-3-5-7-12/h3-9,11H,10H2,1-2H3,(H2,19,21,24)/b20-11-. The molecule has 0 bridgehead atoms. The van der Waals surface area contributed by atoms with E-state index in [2.05, 4.69) is 31.8 Å². The molecule has 0 amide bonds. The maximum Gasteiger partial charge on any atom is 0.187 e. The SMILES string of the molecule is COc1cc(Br)cc(/C=N\NC(=S)NCc2ccccc2)c1OC. The molecule has 0 aliphatic carbocycles. The van der Waals surface area contributed by atoms with E-state index < -0.39 is 0 Å². The summed E-state index contributed by atoms with van der Waals surface area (Å²) in [6, 6.07) is 13.7. The van der Waals surface area contributed by atoms with Gasteiger partial charge in [0.25, 0.3) is 0 Å². The average Bonchev–Trinajstić information content (AvgIpc) is 2.60. The zero-order chi connectivity index (χ0) is 17.4. The number of benzene rings is 2. The van der Waals surface area contributed by atoms with Gasteiger partial charge in [-0.15, -0.1) is 0 Å². The maximum absolute atomic E-state index is 5.37. The number of rotatable bonds is 6. The molecule has 0 aliphatic rings. The summed E-state index contributed by atoms with van der Waals surface area (Å²) < 4.78 is 11.5. The van der Waals surface area contributed by atoms with E-state index in [9.17, 15) is 0 Å². The van der Waals surface area contributed by atoms with Crippen molar-refractivity contribution < 1.29 is 9.47 Å². The fourth-order valence-electron chi connectivity index (χ4n) is 2.03. The van der Waals surface area contributed by atoms with Crippen LogP contribution in [0.15, 0.2) is 52.0 Å². The van der Waals surface area contributed by atoms with Crippen LogP contribution in [0.1, 0.15) is 11.1 Å². The highest BCUT2D eigenvalue weighted by Crippen LogP contribution is 2.33. The topological polar surface area (TPSA) is 54.9 Å². The predicted octanol–water partition coefficient (Wildman–Crippen LogP) is 3.46. The molecule has 0 fully saturated rings. The largest absolute Gasteiger partial charge is 0.493 e. The highest BCUT2D eigenvalue weighted by atomic mass is 79.9. The fraction of sp³-hybridized carbons (Fsp3) is 0.176. The van der Waals surface area contributed by atoms with Gasteiger partial charge >= 0.3 is 0 Å². The van der Waals surface area contributed by atoms with Crippen molar-refractivity contribution in [1.29, 1.82) is 0 Å². The Balaban J connectivity index is 1.96. The fourth-order valence-corrected chi connectivity index (χ4v) is 2.61. The summed E-state index contributed by atoms with van der Waals surface area (Å²) in [7, 11) is 3.18. The molecule has 0 radical (unpaired) electrons. The Morgan fingerprint density at radius 3 is 2.62 bits per heavy atom. The molecule has 2 aromatic carbocycles. The molecule has 2 N–H and O–H groups in total. The van der Waals surface area contributed by atoms with Crippen LogP contribution in [0.5, 0.6) is 11.5 Å². The molecule has 5 nitrogen and oxygen atoms in total. The number of hydrazone groups is 1. The Morgan fingerprint density at radius 1 is 1.21 bits per heavy atom. The summed E-state index contributed by atoms with van der Waals surface area (Å²) in [5.74, 6) is 1.23. The molecule has 7 heteroatoms. The lowest BCUT2D eigenvalue weighted by Gasteiger charge is -2.11. The van der Waals surface area contributed by atoms with Crippen LogP contribution in [0.3, 0.4) is 0 Å². The molecule has 0 heterocycles. The van der Waals surface area contributed by atoms with Crippen molar-refractivity contribution in [3.63, 3.8) is 0 Å². The first kappa shape index (κ1) is 18.2. The minimum atomic E-state index is 0.441. The number of hydrogen-bond acceptors (Lipinski definition) is 4. The van der Waals surface area contributed by atoms with Crippen LogP contribution in [0.4, 0.5) is 0 Å². The van der Waals surface area contributed by atoms with E-state index in [4.69, 9.17) is 21.7 Å². The van der Waals surface area contributed by atoms with Gasteiger partial charge in [0.15, 0.2) is 16.6 Å².